The second kappa shape index (κ2) is 10.6. The van der Waals surface area contributed by atoms with Crippen molar-refractivity contribution in [2.45, 2.75) is 50.5 Å². The molecule has 0 spiro atoms. The molecule has 168 valence electrons. The van der Waals surface area contributed by atoms with Gasteiger partial charge in [0.2, 0.25) is 0 Å². The molecule has 0 saturated heterocycles. The van der Waals surface area contributed by atoms with E-state index in [1.54, 1.807) is 7.05 Å². The van der Waals surface area contributed by atoms with Gasteiger partial charge in [-0.05, 0) is 49.7 Å². The minimum Gasteiger partial charge on any atom is -0.378 e. The van der Waals surface area contributed by atoms with Crippen molar-refractivity contribution in [1.29, 1.82) is 0 Å². The van der Waals surface area contributed by atoms with Crippen LogP contribution in [0.2, 0.25) is 0 Å². The Bertz CT molecular complexity index is 862. The number of benzene rings is 1. The third kappa shape index (κ3) is 6.86. The van der Waals surface area contributed by atoms with Gasteiger partial charge >= 0.3 is 0 Å². The van der Waals surface area contributed by atoms with Crippen molar-refractivity contribution in [3.05, 3.63) is 28.3 Å². The highest BCUT2D eigenvalue weighted by Crippen LogP contribution is 2.30. The second-order valence-electron chi connectivity index (χ2n) is 8.13. The molecule has 1 aromatic rings. The number of sulfone groups is 1. The zero-order chi connectivity index (χ0) is 22.3. The topological polar surface area (TPSA) is 126 Å². The van der Waals surface area contributed by atoms with Gasteiger partial charge in [-0.25, -0.2) is 8.42 Å². The maximum absolute atomic E-state index is 11.6. The molecule has 0 bridgehead atoms. The van der Waals surface area contributed by atoms with E-state index in [4.69, 9.17) is 0 Å². The van der Waals surface area contributed by atoms with Crippen LogP contribution in [-0.2, 0) is 9.84 Å². The number of rotatable bonds is 8. The van der Waals surface area contributed by atoms with Crippen LogP contribution < -0.4 is 16.0 Å². The first kappa shape index (κ1) is 23.9. The number of nitrogens with one attached hydrogen (secondary N) is 3. The number of guanidine groups is 1. The summed E-state index contributed by atoms with van der Waals surface area (Å²) in [5.74, 6) is 2.24. The zero-order valence-electron chi connectivity index (χ0n) is 18.1. The highest BCUT2D eigenvalue weighted by atomic mass is 32.2. The van der Waals surface area contributed by atoms with E-state index in [-0.39, 0.29) is 16.3 Å². The van der Waals surface area contributed by atoms with Gasteiger partial charge < -0.3 is 16.0 Å². The molecule has 9 nitrogen and oxygen atoms in total. The molecule has 1 aliphatic carbocycles. The van der Waals surface area contributed by atoms with Crippen molar-refractivity contribution >= 4 is 27.2 Å². The van der Waals surface area contributed by atoms with Crippen LogP contribution in [0.5, 0.6) is 0 Å². The molecule has 1 aromatic carbocycles. The third-order valence-electron chi connectivity index (χ3n) is 5.61. The monoisotopic (exact) mass is 439 g/mol. The summed E-state index contributed by atoms with van der Waals surface area (Å²) in [6, 6.07) is 4.28. The Morgan fingerprint density at radius 2 is 1.90 bits per heavy atom. The number of anilines is 1. The molecule has 1 aliphatic rings. The van der Waals surface area contributed by atoms with Crippen LogP contribution in [0.4, 0.5) is 11.4 Å². The van der Waals surface area contributed by atoms with Gasteiger partial charge in [-0.2, -0.15) is 0 Å². The largest absolute Gasteiger partial charge is 0.378 e. The number of hydrogen-bond acceptors (Lipinski definition) is 6. The van der Waals surface area contributed by atoms with Gasteiger partial charge in [0.15, 0.2) is 15.8 Å². The highest BCUT2D eigenvalue weighted by molar-refractivity contribution is 7.90. The Morgan fingerprint density at radius 3 is 2.43 bits per heavy atom. The molecule has 0 amide bonds. The fraction of sp³-hybridized carbons (Fsp3) is 0.650. The van der Waals surface area contributed by atoms with E-state index in [0.717, 1.165) is 37.0 Å². The van der Waals surface area contributed by atoms with Crippen LogP contribution in [-0.4, -0.2) is 51.7 Å². The Hall–Kier alpha value is -2.36. The third-order valence-corrected chi connectivity index (χ3v) is 6.72. The van der Waals surface area contributed by atoms with E-state index < -0.39 is 14.8 Å². The van der Waals surface area contributed by atoms with Crippen LogP contribution in [0.1, 0.15) is 39.5 Å². The fourth-order valence-electron chi connectivity index (χ4n) is 3.74. The summed E-state index contributed by atoms with van der Waals surface area (Å²) >= 11 is 0. The van der Waals surface area contributed by atoms with Gasteiger partial charge in [-0.15, -0.1) is 0 Å². The predicted molar refractivity (Wildman–Crippen MR) is 120 cm³/mol. The van der Waals surface area contributed by atoms with Crippen LogP contribution in [0.3, 0.4) is 0 Å². The van der Waals surface area contributed by atoms with Crippen molar-refractivity contribution in [2.75, 3.05) is 31.7 Å². The zero-order valence-corrected chi connectivity index (χ0v) is 19.0. The summed E-state index contributed by atoms with van der Waals surface area (Å²) in [4.78, 5) is 14.9. The second-order valence-corrected chi connectivity index (χ2v) is 10.1. The molecular formula is C20H33N5O4S. The molecular weight excluding hydrogens is 406 g/mol. The maximum atomic E-state index is 11.6. The van der Waals surface area contributed by atoms with Crippen molar-refractivity contribution in [3.8, 4) is 0 Å². The summed E-state index contributed by atoms with van der Waals surface area (Å²) in [7, 11) is -1.79. The van der Waals surface area contributed by atoms with Crippen LogP contribution in [0, 0.1) is 22.0 Å². The van der Waals surface area contributed by atoms with E-state index in [1.807, 2.05) is 0 Å². The lowest BCUT2D eigenvalue weighted by Gasteiger charge is -2.32. The van der Waals surface area contributed by atoms with Crippen LogP contribution in [0.25, 0.3) is 0 Å². The minimum absolute atomic E-state index is 0.0744. The Kier molecular flexibility index (Phi) is 8.45. The lowest BCUT2D eigenvalue weighted by atomic mass is 9.80. The highest BCUT2D eigenvalue weighted by Gasteiger charge is 2.23. The summed E-state index contributed by atoms with van der Waals surface area (Å²) in [6.45, 7) is 5.49. The van der Waals surface area contributed by atoms with Gasteiger partial charge in [-0.3, -0.25) is 15.1 Å². The van der Waals surface area contributed by atoms with Gasteiger partial charge in [0.25, 0.3) is 5.69 Å². The summed E-state index contributed by atoms with van der Waals surface area (Å²) in [5, 5.41) is 21.0. The van der Waals surface area contributed by atoms with Gasteiger partial charge in [0.05, 0.1) is 9.82 Å². The minimum atomic E-state index is -3.51. The molecule has 3 N–H and O–H groups in total. The molecule has 0 aliphatic heterocycles. The summed E-state index contributed by atoms with van der Waals surface area (Å²) in [6.07, 6.45) is 5.72. The van der Waals surface area contributed by atoms with E-state index in [9.17, 15) is 18.5 Å². The van der Waals surface area contributed by atoms with Crippen molar-refractivity contribution < 1.29 is 13.3 Å². The van der Waals surface area contributed by atoms with Crippen LogP contribution in [0.15, 0.2) is 28.1 Å². The Balaban J connectivity index is 1.84. The lowest BCUT2D eigenvalue weighted by molar-refractivity contribution is -0.384. The molecule has 1 fully saturated rings. The van der Waals surface area contributed by atoms with Gasteiger partial charge in [-0.1, -0.05) is 13.8 Å². The normalized spacial score (nSPS) is 20.1. The van der Waals surface area contributed by atoms with E-state index in [1.165, 1.54) is 25.0 Å². The molecule has 2 rings (SSSR count). The van der Waals surface area contributed by atoms with Crippen molar-refractivity contribution in [2.24, 2.45) is 16.8 Å². The SMILES string of the molecule is CN=C(NCCNc1ccc(S(C)(=O)=O)cc1[N+](=O)[O-])NC1CCC(C(C)C)CC1. The standard InChI is InChI=1S/C20H33N5O4S/c1-14(2)15-5-7-16(8-6-15)24-20(21-3)23-12-11-22-18-10-9-17(30(4,28)29)13-19(18)25(26)27/h9-10,13-16,22H,5-8,11-12H2,1-4H3,(H2,21,23,24). The van der Waals surface area contributed by atoms with Crippen molar-refractivity contribution in [1.82, 2.24) is 10.6 Å². The molecule has 0 unspecified atom stereocenters. The van der Waals surface area contributed by atoms with Gasteiger partial charge in [0, 0.05) is 38.5 Å². The molecule has 0 atom stereocenters. The quantitative estimate of drug-likeness (QED) is 0.187. The van der Waals surface area contributed by atoms with E-state index >= 15 is 0 Å². The first-order chi connectivity index (χ1) is 14.1. The predicted octanol–water partition coefficient (Wildman–Crippen LogP) is 2.79. The van der Waals surface area contributed by atoms with E-state index in [2.05, 4.69) is 34.8 Å². The summed E-state index contributed by atoms with van der Waals surface area (Å²) in [5.41, 5.74) is 0.0199. The average molecular weight is 440 g/mol. The lowest BCUT2D eigenvalue weighted by Crippen LogP contribution is -2.46. The summed E-state index contributed by atoms with van der Waals surface area (Å²) < 4.78 is 23.3. The molecule has 30 heavy (non-hydrogen) atoms. The van der Waals surface area contributed by atoms with Crippen molar-refractivity contribution in [3.63, 3.8) is 0 Å². The average Bonchev–Trinajstić information content (AvgIpc) is 2.69. The number of nitro groups is 1. The van der Waals surface area contributed by atoms with Crippen LogP contribution >= 0.6 is 0 Å². The molecule has 0 heterocycles. The number of nitrogens with zero attached hydrogens (tertiary/aromatic N) is 2. The number of aliphatic imine (C=N–C) groups is 1. The van der Waals surface area contributed by atoms with E-state index in [0.29, 0.717) is 25.1 Å². The number of hydrogen-bond donors (Lipinski definition) is 3. The number of nitro benzene ring substituents is 1. The Morgan fingerprint density at radius 1 is 1.23 bits per heavy atom. The molecule has 0 radical (unpaired) electrons. The molecule has 0 aromatic heterocycles. The maximum Gasteiger partial charge on any atom is 0.293 e. The smallest absolute Gasteiger partial charge is 0.293 e. The first-order valence-electron chi connectivity index (χ1n) is 10.3. The van der Waals surface area contributed by atoms with Gasteiger partial charge in [0.1, 0.15) is 5.69 Å². The molecule has 1 saturated carbocycles. The molecule has 10 heteroatoms. The first-order valence-corrected chi connectivity index (χ1v) is 12.2. The Labute approximate surface area is 178 Å². The fourth-order valence-corrected chi connectivity index (χ4v) is 4.38.